The van der Waals surface area contributed by atoms with Crippen LogP contribution in [0.3, 0.4) is 0 Å². The minimum atomic E-state index is -5.08. The van der Waals surface area contributed by atoms with E-state index in [1.807, 2.05) is 0 Å². The maximum absolute atomic E-state index is 12.3. The number of nitrogens with zero attached hydrogens (tertiary/aromatic N) is 1. The summed E-state index contributed by atoms with van der Waals surface area (Å²) in [6.45, 7) is 7.15. The van der Waals surface area contributed by atoms with Gasteiger partial charge in [0, 0.05) is 63.8 Å². The van der Waals surface area contributed by atoms with Crippen LogP contribution in [0.2, 0.25) is 0 Å². The number of hydrogen-bond donors (Lipinski definition) is 7. The van der Waals surface area contributed by atoms with Gasteiger partial charge in [-0.25, -0.2) is 9.59 Å². The van der Waals surface area contributed by atoms with E-state index < -0.39 is 54.9 Å². The molecule has 0 bridgehead atoms. The second-order valence-corrected chi connectivity index (χ2v) is 20.8. The average molecular weight is 1190 g/mol. The van der Waals surface area contributed by atoms with Crippen LogP contribution in [0.15, 0.2) is 24.3 Å². The molecule has 1 aromatic rings. The Morgan fingerprint density at radius 3 is 1.56 bits per heavy atom. The van der Waals surface area contributed by atoms with Gasteiger partial charge >= 0.3 is 24.3 Å². The molecule has 79 heavy (non-hydrogen) atoms. The standard InChI is InChI=1S/C52H96Cl2N4O7.2C2HF3O2/c1-3-4-5-6-7-8-9-10-11-14-17-20-23-26-40-63-42-46(62-2)43-64-52-49(55)51(61)50(60)47(65-52)41-56-36-24-21-18-15-12-13-16-19-22-25-37-57-48(59)29-27-28-44-30-32-45(33-31-44)58(38-34-53)39-35-54;2*3-2(4,5)1(6)7/h30-33,46-47,49-52,56,60-61H,3-29,34-43,55H2,1-2H3,(H,57,59);2*(H,6,7)/t46-,47-,49-,50-,51-,52-;;/m1../s1. The van der Waals surface area contributed by atoms with Gasteiger partial charge in [-0.1, -0.05) is 154 Å². The van der Waals surface area contributed by atoms with Crippen molar-refractivity contribution in [1.82, 2.24) is 10.6 Å². The third-order valence-electron chi connectivity index (χ3n) is 13.3. The smallest absolute Gasteiger partial charge is 0.475 e. The van der Waals surface area contributed by atoms with Gasteiger partial charge < -0.3 is 60.6 Å². The van der Waals surface area contributed by atoms with Crippen LogP contribution >= 0.6 is 23.2 Å². The molecule has 23 heteroatoms. The zero-order valence-electron chi connectivity index (χ0n) is 47.1. The highest BCUT2D eigenvalue weighted by Crippen LogP contribution is 2.22. The van der Waals surface area contributed by atoms with Crippen molar-refractivity contribution in [2.45, 2.75) is 229 Å². The number of anilines is 1. The second-order valence-electron chi connectivity index (χ2n) is 20.0. The molecule has 1 aliphatic heterocycles. The Morgan fingerprint density at radius 2 is 1.11 bits per heavy atom. The van der Waals surface area contributed by atoms with Crippen LogP contribution in [-0.2, 0) is 39.8 Å². The zero-order valence-corrected chi connectivity index (χ0v) is 48.6. The fourth-order valence-corrected chi connectivity index (χ4v) is 8.93. The Kier molecular flexibility index (Phi) is 47.1. The van der Waals surface area contributed by atoms with Crippen LogP contribution in [0, 0.1) is 0 Å². The molecular formula is C56H98Cl2F6N4O11. The first kappa shape index (κ1) is 76.3. The van der Waals surface area contributed by atoms with Gasteiger partial charge in [0.1, 0.15) is 24.4 Å². The number of rotatable bonds is 45. The van der Waals surface area contributed by atoms with E-state index in [0.29, 0.717) is 37.9 Å². The molecule has 2 rings (SSSR count). The molecule has 1 fully saturated rings. The number of ether oxygens (including phenoxy) is 4. The number of carboxylic acid groups (broad SMARTS) is 2. The van der Waals surface area contributed by atoms with Gasteiger partial charge in [0.15, 0.2) is 6.29 Å². The Morgan fingerprint density at radius 1 is 0.671 bits per heavy atom. The predicted octanol–water partition coefficient (Wildman–Crippen LogP) is 11.5. The Labute approximate surface area is 477 Å². The third kappa shape index (κ3) is 41.8. The van der Waals surface area contributed by atoms with E-state index in [0.717, 1.165) is 76.8 Å². The highest BCUT2D eigenvalue weighted by atomic mass is 35.5. The summed E-state index contributed by atoms with van der Waals surface area (Å²) < 4.78 is 87.0. The fourth-order valence-electron chi connectivity index (χ4n) is 8.52. The first-order valence-electron chi connectivity index (χ1n) is 28.8. The second kappa shape index (κ2) is 48.8. The molecule has 0 unspecified atom stereocenters. The minimum Gasteiger partial charge on any atom is -0.475 e. The van der Waals surface area contributed by atoms with Gasteiger partial charge in [0.25, 0.3) is 0 Å². The number of benzene rings is 1. The number of amides is 1. The third-order valence-corrected chi connectivity index (χ3v) is 13.6. The molecule has 0 saturated carbocycles. The van der Waals surface area contributed by atoms with E-state index in [9.17, 15) is 41.4 Å². The fraction of sp³-hybridized carbons (Fsp3) is 0.839. The number of carbonyl (C=O) groups excluding carboxylic acids is 1. The van der Waals surface area contributed by atoms with Crippen molar-refractivity contribution in [1.29, 1.82) is 0 Å². The van der Waals surface area contributed by atoms with Crippen LogP contribution in [-0.4, -0.2) is 159 Å². The predicted molar refractivity (Wildman–Crippen MR) is 299 cm³/mol. The van der Waals surface area contributed by atoms with E-state index in [-0.39, 0.29) is 18.6 Å². The molecule has 0 spiro atoms. The number of unbranched alkanes of at least 4 members (excludes halogenated alkanes) is 22. The molecule has 1 saturated heterocycles. The Bertz CT molecular complexity index is 1600. The van der Waals surface area contributed by atoms with E-state index in [4.69, 9.17) is 67.7 Å². The number of halogens is 8. The van der Waals surface area contributed by atoms with E-state index >= 15 is 0 Å². The van der Waals surface area contributed by atoms with Gasteiger partial charge in [0.2, 0.25) is 5.91 Å². The number of nitrogens with one attached hydrogen (secondary N) is 2. The number of hydrogen-bond acceptors (Lipinski definition) is 12. The molecular weight excluding hydrogens is 1090 g/mol. The summed E-state index contributed by atoms with van der Waals surface area (Å²) in [6, 6.07) is 7.64. The summed E-state index contributed by atoms with van der Waals surface area (Å²) in [5.41, 5.74) is 8.58. The van der Waals surface area contributed by atoms with E-state index in [1.165, 1.54) is 128 Å². The van der Waals surface area contributed by atoms with Crippen molar-refractivity contribution in [2.24, 2.45) is 5.73 Å². The maximum atomic E-state index is 12.3. The topological polar surface area (TPSA) is 222 Å². The van der Waals surface area contributed by atoms with Crippen LogP contribution in [0.1, 0.15) is 179 Å². The summed E-state index contributed by atoms with van der Waals surface area (Å²) >= 11 is 11.9. The van der Waals surface area contributed by atoms with E-state index in [2.05, 4.69) is 46.7 Å². The lowest BCUT2D eigenvalue weighted by atomic mass is 9.97. The highest BCUT2D eigenvalue weighted by molar-refractivity contribution is 6.18. The van der Waals surface area contributed by atoms with Crippen molar-refractivity contribution in [3.05, 3.63) is 29.8 Å². The van der Waals surface area contributed by atoms with Crippen LogP contribution in [0.5, 0.6) is 0 Å². The lowest BCUT2D eigenvalue weighted by Crippen LogP contribution is -2.63. The van der Waals surface area contributed by atoms with Crippen molar-refractivity contribution >= 4 is 46.7 Å². The SMILES string of the molecule is CCCCCCCCCCCCCCCCOC[C@H](CO[C@@H]1O[C@H](CNCCCCCCCCCCCCNC(=O)CCCc2ccc(N(CCCl)CCCl)cc2)[C@@H](O)[C@H](O)[C@H]1N)OC.O=C(O)C(F)(F)F.O=C(O)C(F)(F)F. The van der Waals surface area contributed by atoms with Gasteiger partial charge in [-0.3, -0.25) is 4.79 Å². The van der Waals surface area contributed by atoms with Crippen LogP contribution in [0.4, 0.5) is 32.0 Å². The first-order chi connectivity index (χ1) is 37.7. The monoisotopic (exact) mass is 1190 g/mol. The van der Waals surface area contributed by atoms with Gasteiger partial charge in [-0.05, 0) is 56.3 Å². The van der Waals surface area contributed by atoms with Crippen molar-refractivity contribution in [3.8, 4) is 0 Å². The Hall–Kier alpha value is -2.73. The summed E-state index contributed by atoms with van der Waals surface area (Å²) in [6.07, 6.45) is 18.6. The zero-order chi connectivity index (χ0) is 59.2. The number of aryl methyl sites for hydroxylation is 1. The lowest BCUT2D eigenvalue weighted by Gasteiger charge is -2.41. The molecule has 464 valence electrons. The number of carbonyl (C=O) groups is 3. The van der Waals surface area contributed by atoms with Crippen LogP contribution < -0.4 is 21.3 Å². The van der Waals surface area contributed by atoms with Gasteiger partial charge in [-0.15, -0.1) is 23.2 Å². The molecule has 0 aliphatic carbocycles. The molecule has 6 atom stereocenters. The maximum Gasteiger partial charge on any atom is 0.490 e. The van der Waals surface area contributed by atoms with Gasteiger partial charge in [0.05, 0.1) is 19.3 Å². The quantitative estimate of drug-likeness (QED) is 0.0183. The van der Waals surface area contributed by atoms with Gasteiger partial charge in [-0.2, -0.15) is 26.3 Å². The number of aliphatic hydroxyl groups excluding tert-OH is 2. The van der Waals surface area contributed by atoms with E-state index in [1.54, 1.807) is 7.11 Å². The molecule has 1 aromatic carbocycles. The summed E-state index contributed by atoms with van der Waals surface area (Å²) in [4.78, 5) is 32.3. The molecule has 1 aliphatic rings. The average Bonchev–Trinajstić information content (AvgIpc) is 3.42. The highest BCUT2D eigenvalue weighted by Gasteiger charge is 2.43. The summed E-state index contributed by atoms with van der Waals surface area (Å²) in [5.74, 6) is -4.23. The largest absolute Gasteiger partial charge is 0.490 e. The molecule has 1 heterocycles. The van der Waals surface area contributed by atoms with Crippen molar-refractivity contribution in [3.63, 3.8) is 0 Å². The number of methoxy groups -OCH3 is 1. The number of alkyl halides is 8. The normalized spacial score (nSPS) is 17.8. The summed E-state index contributed by atoms with van der Waals surface area (Å²) in [7, 11) is 1.64. The number of aliphatic carboxylic acids is 2. The van der Waals surface area contributed by atoms with Crippen molar-refractivity contribution < 1.29 is 80.1 Å². The lowest BCUT2D eigenvalue weighted by molar-refractivity contribution is -0.264. The van der Waals surface area contributed by atoms with Crippen LogP contribution in [0.25, 0.3) is 0 Å². The Balaban J connectivity index is 0.00000381. The number of aliphatic hydroxyl groups is 2. The number of nitrogens with two attached hydrogens (primary N) is 1. The molecule has 0 aromatic heterocycles. The molecule has 8 N–H and O–H groups in total. The minimum absolute atomic E-state index is 0.146. The number of carboxylic acids is 2. The molecule has 0 radical (unpaired) electrons. The first-order valence-corrected chi connectivity index (χ1v) is 29.8. The molecule has 15 nitrogen and oxygen atoms in total. The molecule has 1 amide bonds. The van der Waals surface area contributed by atoms with Crippen molar-refractivity contribution in [2.75, 3.05) is 76.3 Å². The summed E-state index contributed by atoms with van der Waals surface area (Å²) in [5, 5.41) is 42.1.